The van der Waals surface area contributed by atoms with Crippen molar-refractivity contribution < 1.29 is 4.79 Å². The first-order chi connectivity index (χ1) is 12.9. The van der Waals surface area contributed by atoms with Crippen molar-refractivity contribution >= 4 is 23.2 Å². The Hall–Kier alpha value is -2.59. The molecule has 0 fully saturated rings. The molecule has 0 aliphatic carbocycles. The summed E-state index contributed by atoms with van der Waals surface area (Å²) in [7, 11) is 0. The number of hydrogen-bond acceptors (Lipinski definition) is 2. The van der Waals surface area contributed by atoms with Crippen LogP contribution in [0.1, 0.15) is 52.5 Å². The second-order valence-corrected chi connectivity index (χ2v) is 7.45. The summed E-state index contributed by atoms with van der Waals surface area (Å²) in [6, 6.07) is 16.0. The van der Waals surface area contributed by atoms with Gasteiger partial charge in [-0.2, -0.15) is 5.10 Å². The van der Waals surface area contributed by atoms with Crippen LogP contribution in [0.3, 0.4) is 0 Å². The predicted octanol–water partition coefficient (Wildman–Crippen LogP) is 5.58. The maximum Gasteiger partial charge on any atom is 0.260 e. The van der Waals surface area contributed by atoms with Crippen molar-refractivity contribution in [2.24, 2.45) is 0 Å². The molecule has 3 rings (SSSR count). The van der Waals surface area contributed by atoms with Crippen LogP contribution in [0.15, 0.2) is 48.5 Å². The van der Waals surface area contributed by atoms with Gasteiger partial charge in [0.1, 0.15) is 5.15 Å². The van der Waals surface area contributed by atoms with Gasteiger partial charge < -0.3 is 5.32 Å². The van der Waals surface area contributed by atoms with Crippen molar-refractivity contribution in [1.29, 1.82) is 0 Å². The molecule has 0 atom stereocenters. The van der Waals surface area contributed by atoms with Gasteiger partial charge in [0.25, 0.3) is 5.91 Å². The second-order valence-electron chi connectivity index (χ2n) is 7.09. The van der Waals surface area contributed by atoms with Gasteiger partial charge in [0.15, 0.2) is 0 Å². The minimum atomic E-state index is -0.235. The average Bonchev–Trinajstić information content (AvgIpc) is 2.90. The predicted molar refractivity (Wildman–Crippen MR) is 111 cm³/mol. The number of amides is 1. The normalized spacial score (nSPS) is 11.0. The number of nitrogens with zero attached hydrogens (tertiary/aromatic N) is 2. The first-order valence-corrected chi connectivity index (χ1v) is 9.43. The molecule has 4 nitrogen and oxygen atoms in total. The number of hydrogen-bond donors (Lipinski definition) is 1. The van der Waals surface area contributed by atoms with Gasteiger partial charge in [-0.1, -0.05) is 73.5 Å². The maximum absolute atomic E-state index is 12.9. The number of benzene rings is 2. The zero-order valence-electron chi connectivity index (χ0n) is 16.1. The third-order valence-corrected chi connectivity index (χ3v) is 4.96. The van der Waals surface area contributed by atoms with E-state index in [-0.39, 0.29) is 5.91 Å². The molecule has 0 unspecified atom stereocenters. The Labute approximate surface area is 165 Å². The molecular weight excluding hydrogens is 358 g/mol. The van der Waals surface area contributed by atoms with Crippen LogP contribution in [0.25, 0.3) is 0 Å². The number of carbonyl (C=O) groups excluding carboxylic acids is 1. The molecule has 0 saturated carbocycles. The minimum Gasteiger partial charge on any atom is -0.322 e. The summed E-state index contributed by atoms with van der Waals surface area (Å²) in [4.78, 5) is 12.9. The van der Waals surface area contributed by atoms with Crippen molar-refractivity contribution in [3.63, 3.8) is 0 Å². The third-order valence-electron chi connectivity index (χ3n) is 4.58. The standard InChI is InChI=1S/C22H24ClN3O/c1-14(2)18-7-5-6-8-19(18)24-22(27)20-16(4)25-26(21(20)23)13-17-11-9-15(3)10-12-17/h5-12,14H,13H2,1-4H3,(H,24,27). The molecule has 0 aliphatic rings. The zero-order valence-corrected chi connectivity index (χ0v) is 16.8. The Bertz CT molecular complexity index is 958. The van der Waals surface area contributed by atoms with Crippen LogP contribution in [-0.4, -0.2) is 15.7 Å². The quantitative estimate of drug-likeness (QED) is 0.627. The lowest BCUT2D eigenvalue weighted by Gasteiger charge is -2.13. The van der Waals surface area contributed by atoms with Gasteiger partial charge in [-0.25, -0.2) is 4.68 Å². The number of aryl methyl sites for hydroxylation is 2. The van der Waals surface area contributed by atoms with E-state index in [4.69, 9.17) is 11.6 Å². The maximum atomic E-state index is 12.9. The molecule has 5 heteroatoms. The van der Waals surface area contributed by atoms with E-state index < -0.39 is 0 Å². The number of carbonyl (C=O) groups is 1. The molecule has 0 bridgehead atoms. The van der Waals surface area contributed by atoms with E-state index in [0.717, 1.165) is 16.8 Å². The van der Waals surface area contributed by atoms with E-state index in [1.807, 2.05) is 43.3 Å². The molecular formula is C22H24ClN3O. The summed E-state index contributed by atoms with van der Waals surface area (Å²) in [5.74, 6) is 0.0723. The van der Waals surface area contributed by atoms with Crippen LogP contribution in [0, 0.1) is 13.8 Å². The highest BCUT2D eigenvalue weighted by atomic mass is 35.5. The second kappa shape index (κ2) is 7.97. The lowest BCUT2D eigenvalue weighted by Crippen LogP contribution is -2.15. The van der Waals surface area contributed by atoms with Gasteiger partial charge in [-0.3, -0.25) is 4.79 Å². The summed E-state index contributed by atoms with van der Waals surface area (Å²) in [6.07, 6.45) is 0. The molecule has 1 heterocycles. The Morgan fingerprint density at radius 3 is 2.44 bits per heavy atom. The van der Waals surface area contributed by atoms with E-state index in [9.17, 15) is 4.79 Å². The number of rotatable bonds is 5. The first-order valence-electron chi connectivity index (χ1n) is 9.05. The van der Waals surface area contributed by atoms with Gasteiger partial charge in [0.05, 0.1) is 17.8 Å². The SMILES string of the molecule is Cc1ccc(Cn2nc(C)c(C(=O)Nc3ccccc3C(C)C)c2Cl)cc1. The summed E-state index contributed by atoms with van der Waals surface area (Å²) in [6.45, 7) is 8.58. The average molecular weight is 382 g/mol. The fourth-order valence-corrected chi connectivity index (χ4v) is 3.40. The van der Waals surface area contributed by atoms with Crippen molar-refractivity contribution in [2.45, 2.75) is 40.2 Å². The van der Waals surface area contributed by atoms with Gasteiger partial charge in [0.2, 0.25) is 0 Å². The highest BCUT2D eigenvalue weighted by Gasteiger charge is 2.21. The van der Waals surface area contributed by atoms with Crippen molar-refractivity contribution in [3.05, 3.63) is 81.6 Å². The number of nitrogens with one attached hydrogen (secondary N) is 1. The summed E-state index contributed by atoms with van der Waals surface area (Å²) in [5, 5.41) is 7.82. The first kappa shape index (κ1) is 19.2. The molecule has 27 heavy (non-hydrogen) atoms. The summed E-state index contributed by atoms with van der Waals surface area (Å²) >= 11 is 6.51. The van der Waals surface area contributed by atoms with Gasteiger partial charge in [0, 0.05) is 5.69 Å². The molecule has 140 valence electrons. The largest absolute Gasteiger partial charge is 0.322 e. The molecule has 0 spiro atoms. The van der Waals surface area contributed by atoms with Crippen LogP contribution in [0.4, 0.5) is 5.69 Å². The van der Waals surface area contributed by atoms with E-state index in [2.05, 4.69) is 36.4 Å². The Morgan fingerprint density at radius 1 is 1.11 bits per heavy atom. The number of halogens is 1. The molecule has 1 amide bonds. The molecule has 0 saturated heterocycles. The molecule has 2 aromatic carbocycles. The van der Waals surface area contributed by atoms with E-state index in [1.54, 1.807) is 11.6 Å². The zero-order chi connectivity index (χ0) is 19.6. The van der Waals surface area contributed by atoms with Gasteiger partial charge in [-0.15, -0.1) is 0 Å². The van der Waals surface area contributed by atoms with Crippen molar-refractivity contribution in [2.75, 3.05) is 5.32 Å². The minimum absolute atomic E-state index is 0.235. The fraction of sp³-hybridized carbons (Fsp3) is 0.273. The fourth-order valence-electron chi connectivity index (χ4n) is 3.08. The van der Waals surface area contributed by atoms with E-state index >= 15 is 0 Å². The topological polar surface area (TPSA) is 46.9 Å². The van der Waals surface area contributed by atoms with Crippen LogP contribution < -0.4 is 5.32 Å². The van der Waals surface area contributed by atoms with Crippen molar-refractivity contribution in [3.8, 4) is 0 Å². The Balaban J connectivity index is 1.86. The lowest BCUT2D eigenvalue weighted by molar-refractivity contribution is 0.102. The Kier molecular flexibility index (Phi) is 5.66. The molecule has 0 aliphatic heterocycles. The van der Waals surface area contributed by atoms with Crippen LogP contribution in [-0.2, 0) is 6.54 Å². The molecule has 1 N–H and O–H groups in total. The molecule has 0 radical (unpaired) electrons. The highest BCUT2D eigenvalue weighted by molar-refractivity contribution is 6.33. The number of anilines is 1. The van der Waals surface area contributed by atoms with Gasteiger partial charge >= 0.3 is 0 Å². The lowest BCUT2D eigenvalue weighted by atomic mass is 10.0. The molecule has 1 aromatic heterocycles. The van der Waals surface area contributed by atoms with Crippen LogP contribution >= 0.6 is 11.6 Å². The van der Waals surface area contributed by atoms with E-state index in [1.165, 1.54) is 5.56 Å². The Morgan fingerprint density at radius 2 is 1.78 bits per heavy atom. The van der Waals surface area contributed by atoms with E-state index in [0.29, 0.717) is 28.9 Å². The monoisotopic (exact) mass is 381 g/mol. The van der Waals surface area contributed by atoms with Crippen LogP contribution in [0.2, 0.25) is 5.15 Å². The third kappa shape index (κ3) is 4.22. The highest BCUT2D eigenvalue weighted by Crippen LogP contribution is 2.26. The smallest absolute Gasteiger partial charge is 0.260 e. The summed E-state index contributed by atoms with van der Waals surface area (Å²) in [5.41, 5.74) is 5.22. The van der Waals surface area contributed by atoms with Crippen molar-refractivity contribution in [1.82, 2.24) is 9.78 Å². The van der Waals surface area contributed by atoms with Crippen LogP contribution in [0.5, 0.6) is 0 Å². The molecule has 3 aromatic rings. The number of para-hydroxylation sites is 1. The van der Waals surface area contributed by atoms with Gasteiger partial charge in [-0.05, 0) is 37.0 Å². The summed E-state index contributed by atoms with van der Waals surface area (Å²) < 4.78 is 1.67. The number of aromatic nitrogens is 2.